The summed E-state index contributed by atoms with van der Waals surface area (Å²) in [6.07, 6.45) is 1.61. The van der Waals surface area contributed by atoms with Gasteiger partial charge in [-0.2, -0.15) is 0 Å². The maximum Gasteiger partial charge on any atom is 0.252 e. The van der Waals surface area contributed by atoms with Gasteiger partial charge in [0.25, 0.3) is 5.92 Å². The Morgan fingerprint density at radius 2 is 2.00 bits per heavy atom. The van der Waals surface area contributed by atoms with E-state index in [4.69, 9.17) is 11.6 Å². The number of alkyl halides is 2. The first-order chi connectivity index (χ1) is 11.8. The van der Waals surface area contributed by atoms with Crippen LogP contribution >= 0.6 is 11.6 Å². The second-order valence-electron chi connectivity index (χ2n) is 5.96. The maximum atomic E-state index is 13.3. The Labute approximate surface area is 147 Å². The molecule has 0 spiro atoms. The normalized spacial score (nSPS) is 17.4. The predicted octanol–water partition coefficient (Wildman–Crippen LogP) is 3.94. The maximum absolute atomic E-state index is 13.3. The highest BCUT2D eigenvalue weighted by molar-refractivity contribution is 6.31. The number of halogens is 4. The molecule has 25 heavy (non-hydrogen) atoms. The molecule has 1 saturated carbocycles. The monoisotopic (exact) mass is 369 g/mol. The van der Waals surface area contributed by atoms with Crippen molar-refractivity contribution in [2.45, 2.75) is 30.8 Å². The molecular formula is C17H15ClF3N3O. The van der Waals surface area contributed by atoms with Gasteiger partial charge in [0.2, 0.25) is 5.91 Å². The van der Waals surface area contributed by atoms with Gasteiger partial charge in [0.1, 0.15) is 11.9 Å². The number of carbonyl (C=O) groups is 1. The summed E-state index contributed by atoms with van der Waals surface area (Å²) in [6, 6.07) is 6.27. The predicted molar refractivity (Wildman–Crippen MR) is 88.1 cm³/mol. The molecule has 4 nitrogen and oxygen atoms in total. The first-order valence-electron chi connectivity index (χ1n) is 7.64. The fraction of sp³-hybridized carbons (Fsp3) is 0.294. The lowest BCUT2D eigenvalue weighted by molar-refractivity contribution is -0.130. The molecule has 1 aliphatic rings. The number of aromatic nitrogens is 1. The molecule has 1 aliphatic carbocycles. The van der Waals surface area contributed by atoms with E-state index in [9.17, 15) is 18.0 Å². The van der Waals surface area contributed by atoms with Crippen molar-refractivity contribution in [2.24, 2.45) is 0 Å². The van der Waals surface area contributed by atoms with Crippen molar-refractivity contribution in [3.8, 4) is 0 Å². The van der Waals surface area contributed by atoms with Gasteiger partial charge in [-0.3, -0.25) is 9.78 Å². The van der Waals surface area contributed by atoms with Gasteiger partial charge in [-0.1, -0.05) is 29.8 Å². The van der Waals surface area contributed by atoms with Gasteiger partial charge in [0.05, 0.1) is 18.1 Å². The number of nitrogens with one attached hydrogen (secondary N) is 2. The van der Waals surface area contributed by atoms with Gasteiger partial charge in [0, 0.05) is 35.5 Å². The van der Waals surface area contributed by atoms with Crippen LogP contribution in [0.4, 0.5) is 18.9 Å². The van der Waals surface area contributed by atoms with Crippen molar-refractivity contribution in [1.82, 2.24) is 10.3 Å². The Morgan fingerprint density at radius 1 is 1.28 bits per heavy atom. The molecule has 0 bridgehead atoms. The summed E-state index contributed by atoms with van der Waals surface area (Å²) in [4.78, 5) is 16.3. The summed E-state index contributed by atoms with van der Waals surface area (Å²) >= 11 is 6.16. The third-order valence-electron chi connectivity index (χ3n) is 3.93. The summed E-state index contributed by atoms with van der Waals surface area (Å²) in [5, 5.41) is 5.77. The second kappa shape index (κ2) is 6.92. The first kappa shape index (κ1) is 17.5. The van der Waals surface area contributed by atoms with Crippen LogP contribution in [0, 0.1) is 5.82 Å². The van der Waals surface area contributed by atoms with Crippen molar-refractivity contribution in [3.63, 3.8) is 0 Å². The van der Waals surface area contributed by atoms with Crippen LogP contribution in [0.2, 0.25) is 5.02 Å². The molecule has 1 amide bonds. The summed E-state index contributed by atoms with van der Waals surface area (Å²) in [6.45, 7) is 0. The van der Waals surface area contributed by atoms with Crippen molar-refractivity contribution in [1.29, 1.82) is 0 Å². The smallest absolute Gasteiger partial charge is 0.252 e. The molecule has 1 atom stereocenters. The molecule has 1 unspecified atom stereocenters. The molecule has 0 aliphatic heterocycles. The zero-order chi connectivity index (χ0) is 18.0. The average Bonchev–Trinajstić information content (AvgIpc) is 2.51. The van der Waals surface area contributed by atoms with Crippen LogP contribution in [0.25, 0.3) is 0 Å². The zero-order valence-corrected chi connectivity index (χ0v) is 13.7. The van der Waals surface area contributed by atoms with Crippen LogP contribution < -0.4 is 10.6 Å². The Hall–Kier alpha value is -2.28. The molecule has 1 heterocycles. The topological polar surface area (TPSA) is 54.0 Å². The number of pyridine rings is 1. The van der Waals surface area contributed by atoms with Gasteiger partial charge < -0.3 is 10.6 Å². The summed E-state index contributed by atoms with van der Waals surface area (Å²) in [5.74, 6) is -3.82. The van der Waals surface area contributed by atoms with Crippen molar-refractivity contribution < 1.29 is 18.0 Å². The Morgan fingerprint density at radius 3 is 2.64 bits per heavy atom. The van der Waals surface area contributed by atoms with Crippen LogP contribution in [0.15, 0.2) is 42.7 Å². The van der Waals surface area contributed by atoms with Crippen molar-refractivity contribution in [3.05, 3.63) is 59.1 Å². The lowest BCUT2D eigenvalue weighted by Crippen LogP contribution is -2.52. The second-order valence-corrected chi connectivity index (χ2v) is 6.37. The van der Waals surface area contributed by atoms with E-state index in [0.29, 0.717) is 10.6 Å². The number of amides is 1. The van der Waals surface area contributed by atoms with Crippen LogP contribution in [0.5, 0.6) is 0 Å². The molecule has 8 heteroatoms. The number of benzene rings is 1. The highest BCUT2D eigenvalue weighted by Crippen LogP contribution is 2.38. The number of hydrogen-bond donors (Lipinski definition) is 2. The van der Waals surface area contributed by atoms with Crippen LogP contribution in [-0.4, -0.2) is 22.9 Å². The average molecular weight is 370 g/mol. The SMILES string of the molecule is O=C(NC1CC(F)(F)C1)C(Nc1cncc(F)c1)c1ccccc1Cl. The molecule has 0 radical (unpaired) electrons. The van der Waals surface area contributed by atoms with E-state index in [0.717, 1.165) is 6.20 Å². The number of nitrogens with zero attached hydrogens (tertiary/aromatic N) is 1. The van der Waals surface area contributed by atoms with E-state index in [1.54, 1.807) is 24.3 Å². The van der Waals surface area contributed by atoms with E-state index in [-0.39, 0.29) is 5.69 Å². The fourth-order valence-electron chi connectivity index (χ4n) is 2.70. The molecule has 2 aromatic rings. The summed E-state index contributed by atoms with van der Waals surface area (Å²) < 4.78 is 39.3. The standard InChI is InChI=1S/C17H15ClF3N3O/c18-14-4-2-1-3-13(14)15(23-11-5-10(19)8-22-9-11)16(25)24-12-6-17(20,21)7-12/h1-5,8-9,12,15,23H,6-7H2,(H,24,25). The highest BCUT2D eigenvalue weighted by atomic mass is 35.5. The first-order valence-corrected chi connectivity index (χ1v) is 8.01. The van der Waals surface area contributed by atoms with Gasteiger partial charge in [-0.05, 0) is 6.07 Å². The molecular weight excluding hydrogens is 355 g/mol. The lowest BCUT2D eigenvalue weighted by atomic mass is 9.88. The summed E-state index contributed by atoms with van der Waals surface area (Å²) in [7, 11) is 0. The number of hydrogen-bond acceptors (Lipinski definition) is 3. The van der Waals surface area contributed by atoms with Crippen LogP contribution in [0.1, 0.15) is 24.4 Å². The molecule has 3 rings (SSSR count). The van der Waals surface area contributed by atoms with E-state index in [1.807, 2.05) is 0 Å². The van der Waals surface area contributed by atoms with Gasteiger partial charge in [0.15, 0.2) is 0 Å². The van der Waals surface area contributed by atoms with Gasteiger partial charge >= 0.3 is 0 Å². The minimum atomic E-state index is -2.74. The number of rotatable bonds is 5. The zero-order valence-electron chi connectivity index (χ0n) is 13.0. The molecule has 1 fully saturated rings. The van der Waals surface area contributed by atoms with Gasteiger partial charge in [-0.15, -0.1) is 0 Å². The Kier molecular flexibility index (Phi) is 4.85. The fourth-order valence-corrected chi connectivity index (χ4v) is 2.94. The quantitative estimate of drug-likeness (QED) is 0.839. The minimum Gasteiger partial charge on any atom is -0.369 e. The minimum absolute atomic E-state index is 0.277. The van der Waals surface area contributed by atoms with Crippen LogP contribution in [-0.2, 0) is 4.79 Å². The third kappa shape index (κ3) is 4.22. The largest absolute Gasteiger partial charge is 0.369 e. The number of carbonyl (C=O) groups excluding carboxylic acids is 1. The number of anilines is 1. The van der Waals surface area contributed by atoms with E-state index >= 15 is 0 Å². The highest BCUT2D eigenvalue weighted by Gasteiger charge is 2.46. The molecule has 0 saturated heterocycles. The third-order valence-corrected chi connectivity index (χ3v) is 4.27. The van der Waals surface area contributed by atoms with E-state index < -0.39 is 42.6 Å². The van der Waals surface area contributed by atoms with Crippen molar-refractivity contribution in [2.75, 3.05) is 5.32 Å². The lowest BCUT2D eigenvalue weighted by Gasteiger charge is -2.36. The molecule has 2 N–H and O–H groups in total. The Balaban J connectivity index is 1.81. The van der Waals surface area contributed by atoms with E-state index in [1.165, 1.54) is 12.3 Å². The van der Waals surface area contributed by atoms with Crippen LogP contribution in [0.3, 0.4) is 0 Å². The summed E-state index contributed by atoms with van der Waals surface area (Å²) in [5.41, 5.74) is 0.732. The van der Waals surface area contributed by atoms with E-state index in [2.05, 4.69) is 15.6 Å². The molecule has 132 valence electrons. The molecule has 1 aromatic heterocycles. The van der Waals surface area contributed by atoms with Crippen molar-refractivity contribution >= 4 is 23.2 Å². The molecule has 1 aromatic carbocycles. The Bertz CT molecular complexity index is 779. The van der Waals surface area contributed by atoms with Gasteiger partial charge in [-0.25, -0.2) is 13.2 Å².